The van der Waals surface area contributed by atoms with Crippen molar-refractivity contribution in [3.8, 4) is 5.75 Å². The maximum absolute atomic E-state index is 7.42. The molecule has 1 aliphatic rings. The van der Waals surface area contributed by atoms with Gasteiger partial charge in [0.15, 0.2) is 16.6 Å². The molecule has 0 aliphatic carbocycles. The molecule has 1 fully saturated rings. The first-order chi connectivity index (χ1) is 19.8. The van der Waals surface area contributed by atoms with Gasteiger partial charge in [-0.1, -0.05) is 67.5 Å². The lowest BCUT2D eigenvalue weighted by atomic mass is 9.87. The van der Waals surface area contributed by atoms with Crippen LogP contribution in [0.25, 0.3) is 0 Å². The van der Waals surface area contributed by atoms with Gasteiger partial charge in [0.25, 0.3) is 0 Å². The van der Waals surface area contributed by atoms with Crippen molar-refractivity contribution < 1.29 is 23.1 Å². The molecule has 250 valence electrons. The fourth-order valence-corrected chi connectivity index (χ4v) is 10.9. The van der Waals surface area contributed by atoms with E-state index in [1.165, 1.54) is 17.9 Å². The molecule has 0 unspecified atom stereocenters. The Balaban J connectivity index is 2.44. The van der Waals surface area contributed by atoms with E-state index >= 15 is 0 Å². The van der Waals surface area contributed by atoms with E-state index < -0.39 is 16.6 Å². The highest BCUT2D eigenvalue weighted by Crippen LogP contribution is 2.46. The lowest BCUT2D eigenvalue weighted by Gasteiger charge is -2.48. The minimum Gasteiger partial charge on any atom is -0.497 e. The normalized spacial score (nSPS) is 19.5. The summed E-state index contributed by atoms with van der Waals surface area (Å²) in [5.74, 6) is 3.94. The van der Waals surface area contributed by atoms with Gasteiger partial charge in [-0.15, -0.1) is 23.5 Å². The van der Waals surface area contributed by atoms with E-state index in [1.807, 2.05) is 12.1 Å². The Morgan fingerprint density at radius 1 is 0.837 bits per heavy atom. The molecule has 9 heteroatoms. The van der Waals surface area contributed by atoms with Crippen molar-refractivity contribution in [2.24, 2.45) is 11.8 Å². The largest absolute Gasteiger partial charge is 0.497 e. The van der Waals surface area contributed by atoms with Gasteiger partial charge in [0.1, 0.15) is 5.75 Å². The average Bonchev–Trinajstić information content (AvgIpc) is 2.93. The molecule has 0 N–H and O–H groups in total. The van der Waals surface area contributed by atoms with Crippen LogP contribution in [0.4, 0.5) is 0 Å². The summed E-state index contributed by atoms with van der Waals surface area (Å²) in [6.07, 6.45) is 2.07. The molecule has 5 atom stereocenters. The first-order valence-corrected chi connectivity index (χ1v) is 24.1. The average molecular weight is 673 g/mol. The number of ether oxygens (including phenoxy) is 3. The molecule has 1 heterocycles. The van der Waals surface area contributed by atoms with Crippen molar-refractivity contribution >= 4 is 40.2 Å². The Hall–Kier alpha value is -0.00623. The number of thioether (sulfide) groups is 2. The summed E-state index contributed by atoms with van der Waals surface area (Å²) in [5.41, 5.74) is 1.12. The zero-order valence-electron chi connectivity index (χ0n) is 29.9. The third-order valence-electron chi connectivity index (χ3n) is 9.89. The van der Waals surface area contributed by atoms with Gasteiger partial charge < -0.3 is 23.1 Å². The second kappa shape index (κ2) is 16.7. The molecule has 0 aromatic heterocycles. The van der Waals surface area contributed by atoms with E-state index in [2.05, 4.69) is 117 Å². The zero-order chi connectivity index (χ0) is 32.6. The van der Waals surface area contributed by atoms with Crippen LogP contribution >= 0.6 is 23.5 Å². The molecule has 1 saturated heterocycles. The van der Waals surface area contributed by atoms with Crippen LogP contribution < -0.4 is 4.74 Å². The fraction of sp³-hybridized carbons (Fsp3) is 0.824. The van der Waals surface area contributed by atoms with Crippen molar-refractivity contribution in [3.63, 3.8) is 0 Å². The molecular formula is C34H64O5S2Si2. The molecule has 1 aromatic rings. The monoisotopic (exact) mass is 672 g/mol. The number of hydrogen-bond donors (Lipinski definition) is 0. The van der Waals surface area contributed by atoms with Crippen LogP contribution in [0, 0.1) is 11.8 Å². The Morgan fingerprint density at radius 3 is 1.86 bits per heavy atom. The first-order valence-electron chi connectivity index (χ1n) is 16.1. The molecule has 2 rings (SSSR count). The van der Waals surface area contributed by atoms with Crippen LogP contribution in [0.2, 0.25) is 36.3 Å². The van der Waals surface area contributed by atoms with Crippen LogP contribution in [0.5, 0.6) is 5.75 Å². The molecule has 0 bridgehead atoms. The topological polar surface area (TPSA) is 46.2 Å². The Labute approximate surface area is 275 Å². The van der Waals surface area contributed by atoms with Crippen LogP contribution in [0.3, 0.4) is 0 Å². The summed E-state index contributed by atoms with van der Waals surface area (Å²) >= 11 is 4.25. The SMILES string of the molecule is COC[C@H](C[C@@H](O[Si](C)(C)C(C)(C)C)[C@H](C)[C@H](O[Si](C)(C)C(C)(C)C)[C@@H](C)C1SCCCS1)OCc1ccc(OC)cc1. The number of rotatable bonds is 16. The standard InChI is InChI=1S/C34H64O5S2Si2/c1-25(31(39-43(13,14)34(6,7)8)26(2)32-40-20-15-21-41-32)30(38-42(11,12)33(3,4)5)22-29(24-35-9)37-23-27-16-18-28(36-10)19-17-27/h16-19,25-26,29-32H,15,20-24H2,1-14H3/t25-,26+,29-,30+,31-/m0/s1. The van der Waals surface area contributed by atoms with Gasteiger partial charge in [-0.05, 0) is 71.9 Å². The van der Waals surface area contributed by atoms with Gasteiger partial charge in [-0.2, -0.15) is 0 Å². The smallest absolute Gasteiger partial charge is 0.192 e. The van der Waals surface area contributed by atoms with Gasteiger partial charge >= 0.3 is 0 Å². The predicted molar refractivity (Wildman–Crippen MR) is 194 cm³/mol. The van der Waals surface area contributed by atoms with Crippen LogP contribution in [0.1, 0.15) is 73.8 Å². The van der Waals surface area contributed by atoms with Gasteiger partial charge in [-0.3, -0.25) is 0 Å². The molecule has 0 saturated carbocycles. The minimum atomic E-state index is -2.10. The molecule has 1 aromatic carbocycles. The molecule has 1 aliphatic heterocycles. The van der Waals surface area contributed by atoms with Gasteiger partial charge in [0, 0.05) is 25.4 Å². The van der Waals surface area contributed by atoms with E-state index in [9.17, 15) is 0 Å². The Morgan fingerprint density at radius 2 is 1.37 bits per heavy atom. The first kappa shape index (κ1) is 39.2. The van der Waals surface area contributed by atoms with Crippen LogP contribution in [-0.2, 0) is 24.9 Å². The molecule has 43 heavy (non-hydrogen) atoms. The van der Waals surface area contributed by atoms with E-state index in [-0.39, 0.29) is 34.3 Å². The fourth-order valence-electron chi connectivity index (χ4n) is 4.88. The van der Waals surface area contributed by atoms with Gasteiger partial charge in [0.2, 0.25) is 0 Å². The highest BCUT2D eigenvalue weighted by molar-refractivity contribution is 8.17. The number of methoxy groups -OCH3 is 2. The molecule has 0 spiro atoms. The van der Waals surface area contributed by atoms with E-state index in [0.717, 1.165) is 17.7 Å². The van der Waals surface area contributed by atoms with Gasteiger partial charge in [0.05, 0.1) is 43.2 Å². The van der Waals surface area contributed by atoms with Crippen molar-refractivity contribution in [1.82, 2.24) is 0 Å². The van der Waals surface area contributed by atoms with E-state index in [0.29, 0.717) is 23.7 Å². The molecular weight excluding hydrogens is 609 g/mol. The van der Waals surface area contributed by atoms with Crippen molar-refractivity contribution in [2.75, 3.05) is 32.3 Å². The summed E-state index contributed by atoms with van der Waals surface area (Å²) in [6.45, 7) is 29.4. The van der Waals surface area contributed by atoms with Gasteiger partial charge in [-0.25, -0.2) is 0 Å². The highest BCUT2D eigenvalue weighted by Gasteiger charge is 2.47. The minimum absolute atomic E-state index is 0.00674. The lowest BCUT2D eigenvalue weighted by Crippen LogP contribution is -2.53. The highest BCUT2D eigenvalue weighted by atomic mass is 32.2. The van der Waals surface area contributed by atoms with E-state index in [1.54, 1.807) is 14.2 Å². The second-order valence-corrected chi connectivity index (χ2v) is 27.7. The third-order valence-corrected chi connectivity index (χ3v) is 22.2. The summed E-state index contributed by atoms with van der Waals surface area (Å²) < 4.78 is 32.9. The summed E-state index contributed by atoms with van der Waals surface area (Å²) in [5, 5.41) is 0.232. The third kappa shape index (κ3) is 11.6. The summed E-state index contributed by atoms with van der Waals surface area (Å²) in [7, 11) is -0.691. The lowest BCUT2D eigenvalue weighted by molar-refractivity contribution is -0.0581. The van der Waals surface area contributed by atoms with Crippen LogP contribution in [-0.4, -0.2) is 71.9 Å². The quantitative estimate of drug-likeness (QED) is 0.162. The second-order valence-electron chi connectivity index (χ2n) is 15.4. The molecule has 0 radical (unpaired) electrons. The Bertz CT molecular complexity index is 940. The Kier molecular flexibility index (Phi) is 15.2. The van der Waals surface area contributed by atoms with E-state index in [4.69, 9.17) is 23.1 Å². The predicted octanol–water partition coefficient (Wildman–Crippen LogP) is 9.87. The number of hydrogen-bond acceptors (Lipinski definition) is 7. The molecule has 0 amide bonds. The van der Waals surface area contributed by atoms with Crippen molar-refractivity contribution in [1.29, 1.82) is 0 Å². The number of benzene rings is 1. The van der Waals surface area contributed by atoms with Crippen molar-refractivity contribution in [3.05, 3.63) is 29.8 Å². The molecule has 5 nitrogen and oxygen atoms in total. The summed E-state index contributed by atoms with van der Waals surface area (Å²) in [6, 6.07) is 8.11. The maximum atomic E-state index is 7.42. The van der Waals surface area contributed by atoms with Crippen LogP contribution in [0.15, 0.2) is 24.3 Å². The summed E-state index contributed by atoms with van der Waals surface area (Å²) in [4.78, 5) is 0. The zero-order valence-corrected chi connectivity index (χ0v) is 33.5. The maximum Gasteiger partial charge on any atom is 0.192 e. The van der Waals surface area contributed by atoms with Crippen molar-refractivity contribution in [2.45, 2.75) is 134 Å².